The smallest absolute Gasteiger partial charge is 0.308 e. The number of rotatable bonds is 3. The molecule has 0 aliphatic heterocycles. The summed E-state index contributed by atoms with van der Waals surface area (Å²) in [6.45, 7) is -0.418. The van der Waals surface area contributed by atoms with Gasteiger partial charge >= 0.3 is 5.97 Å². The number of hydrogen-bond acceptors (Lipinski definition) is 4. The van der Waals surface area contributed by atoms with E-state index in [0.29, 0.717) is 12.8 Å². The van der Waals surface area contributed by atoms with E-state index in [2.05, 4.69) is 4.74 Å². The summed E-state index contributed by atoms with van der Waals surface area (Å²) in [5, 5.41) is 8.49. The molecule has 0 heterocycles. The van der Waals surface area contributed by atoms with E-state index < -0.39 is 6.61 Å². The Morgan fingerprint density at radius 2 is 2.00 bits per heavy atom. The molecule has 1 saturated carbocycles. The Morgan fingerprint density at radius 1 is 1.42 bits per heavy atom. The van der Waals surface area contributed by atoms with Gasteiger partial charge in [0.05, 0.1) is 13.0 Å². The number of aliphatic hydroxyl groups is 1. The molecule has 0 aromatic carbocycles. The second-order valence-electron chi connectivity index (χ2n) is 3.01. The van der Waals surface area contributed by atoms with Crippen molar-refractivity contribution in [3.8, 4) is 0 Å². The fourth-order valence-corrected chi connectivity index (χ4v) is 1.37. The van der Waals surface area contributed by atoms with Crippen molar-refractivity contribution in [3.05, 3.63) is 0 Å². The number of ketones is 1. The fourth-order valence-electron chi connectivity index (χ4n) is 1.37. The minimum atomic E-state index is -0.418. The molecule has 0 aromatic heterocycles. The molecule has 0 amide bonds. The number of methoxy groups -OCH3 is 1. The van der Waals surface area contributed by atoms with E-state index in [-0.39, 0.29) is 23.6 Å². The summed E-state index contributed by atoms with van der Waals surface area (Å²) in [7, 11) is 1.34. The van der Waals surface area contributed by atoms with E-state index in [1.807, 2.05) is 0 Å². The number of carbonyl (C=O) groups is 2. The van der Waals surface area contributed by atoms with Gasteiger partial charge in [0.15, 0.2) is 5.78 Å². The third kappa shape index (κ3) is 1.64. The third-order valence-electron chi connectivity index (χ3n) is 2.28. The first-order valence-electron chi connectivity index (χ1n) is 3.90. The van der Waals surface area contributed by atoms with Crippen LogP contribution < -0.4 is 0 Å². The van der Waals surface area contributed by atoms with Gasteiger partial charge in [0.1, 0.15) is 6.61 Å². The van der Waals surface area contributed by atoms with Crippen molar-refractivity contribution < 1.29 is 19.4 Å². The van der Waals surface area contributed by atoms with Crippen molar-refractivity contribution in [2.75, 3.05) is 13.7 Å². The van der Waals surface area contributed by atoms with Crippen molar-refractivity contribution in [2.45, 2.75) is 12.8 Å². The second kappa shape index (κ2) is 3.67. The van der Waals surface area contributed by atoms with Crippen LogP contribution >= 0.6 is 0 Å². The molecule has 0 unspecified atom stereocenters. The Hall–Kier alpha value is -0.900. The summed E-state index contributed by atoms with van der Waals surface area (Å²) in [5.74, 6) is -0.679. The minimum absolute atomic E-state index is 0.126. The van der Waals surface area contributed by atoms with Gasteiger partial charge in [-0.15, -0.1) is 0 Å². The van der Waals surface area contributed by atoms with Gasteiger partial charge < -0.3 is 9.84 Å². The van der Waals surface area contributed by atoms with Crippen LogP contribution in [0.25, 0.3) is 0 Å². The van der Waals surface area contributed by atoms with Gasteiger partial charge in [-0.05, 0) is 12.8 Å². The summed E-state index contributed by atoms with van der Waals surface area (Å²) in [4.78, 5) is 21.7. The highest BCUT2D eigenvalue weighted by Gasteiger charge is 2.38. The molecule has 1 fully saturated rings. The van der Waals surface area contributed by atoms with Gasteiger partial charge in [-0.3, -0.25) is 9.59 Å². The van der Waals surface area contributed by atoms with E-state index in [9.17, 15) is 9.59 Å². The number of carbonyl (C=O) groups excluding carboxylic acids is 2. The predicted octanol–water partition coefficient (Wildman–Crippen LogP) is -0.253. The van der Waals surface area contributed by atoms with Gasteiger partial charge in [-0.2, -0.15) is 0 Å². The van der Waals surface area contributed by atoms with Gasteiger partial charge in [0, 0.05) is 5.92 Å². The molecule has 1 rings (SSSR count). The van der Waals surface area contributed by atoms with E-state index >= 15 is 0 Å². The zero-order valence-electron chi connectivity index (χ0n) is 6.95. The SMILES string of the molecule is COC(=O)C1CC(C(=O)CO)C1. The van der Waals surface area contributed by atoms with Crippen LogP contribution in [0.1, 0.15) is 12.8 Å². The highest BCUT2D eigenvalue weighted by Crippen LogP contribution is 2.34. The summed E-state index contributed by atoms with van der Waals surface area (Å²) < 4.78 is 4.50. The van der Waals surface area contributed by atoms with Crippen LogP contribution in [0.4, 0.5) is 0 Å². The quantitative estimate of drug-likeness (QED) is 0.596. The average molecular weight is 172 g/mol. The molecule has 1 N–H and O–H groups in total. The maximum absolute atomic E-state index is 10.9. The van der Waals surface area contributed by atoms with Crippen LogP contribution in [0.5, 0.6) is 0 Å². The van der Waals surface area contributed by atoms with Gasteiger partial charge in [0.2, 0.25) is 0 Å². The first kappa shape index (κ1) is 9.19. The van der Waals surface area contributed by atoms with Crippen molar-refractivity contribution in [1.29, 1.82) is 0 Å². The lowest BCUT2D eigenvalue weighted by Gasteiger charge is -2.31. The maximum atomic E-state index is 10.9. The van der Waals surface area contributed by atoms with Crippen molar-refractivity contribution in [1.82, 2.24) is 0 Å². The maximum Gasteiger partial charge on any atom is 0.308 e. The van der Waals surface area contributed by atoms with Gasteiger partial charge in [0.25, 0.3) is 0 Å². The highest BCUT2D eigenvalue weighted by molar-refractivity contribution is 5.85. The lowest BCUT2D eigenvalue weighted by atomic mass is 9.73. The lowest BCUT2D eigenvalue weighted by molar-refractivity contribution is -0.152. The zero-order chi connectivity index (χ0) is 9.14. The van der Waals surface area contributed by atoms with Crippen LogP contribution in [-0.2, 0) is 14.3 Å². The van der Waals surface area contributed by atoms with Crippen molar-refractivity contribution in [3.63, 3.8) is 0 Å². The van der Waals surface area contributed by atoms with Crippen LogP contribution in [0.2, 0.25) is 0 Å². The van der Waals surface area contributed by atoms with Crippen LogP contribution in [0.15, 0.2) is 0 Å². The van der Waals surface area contributed by atoms with Crippen LogP contribution in [0.3, 0.4) is 0 Å². The molecule has 0 saturated heterocycles. The molecule has 1 aliphatic carbocycles. The predicted molar refractivity (Wildman–Crippen MR) is 40.3 cm³/mol. The molecule has 0 spiro atoms. The molecule has 4 nitrogen and oxygen atoms in total. The Bertz CT molecular complexity index is 173. The van der Waals surface area contributed by atoms with Crippen molar-refractivity contribution in [2.24, 2.45) is 11.8 Å². The standard InChI is InChI=1S/C8H12O4/c1-12-8(11)6-2-5(3-6)7(10)4-9/h5-6,9H,2-4H2,1H3. The monoisotopic (exact) mass is 172 g/mol. The molecule has 0 aromatic rings. The van der Waals surface area contributed by atoms with E-state index in [4.69, 9.17) is 5.11 Å². The second-order valence-corrected chi connectivity index (χ2v) is 3.01. The molecule has 0 radical (unpaired) electrons. The minimum Gasteiger partial charge on any atom is -0.469 e. The topological polar surface area (TPSA) is 63.6 Å². The number of Topliss-reactive ketones (excluding diaryl/α,β-unsaturated/α-hetero) is 1. The number of esters is 1. The highest BCUT2D eigenvalue weighted by atomic mass is 16.5. The summed E-state index contributed by atoms with van der Waals surface area (Å²) in [6, 6.07) is 0. The molecule has 0 atom stereocenters. The molecular weight excluding hydrogens is 160 g/mol. The first-order chi connectivity index (χ1) is 5.69. The average Bonchev–Trinajstić information content (AvgIpc) is 2.01. The Balaban J connectivity index is 2.28. The normalized spacial score (nSPS) is 27.5. The summed E-state index contributed by atoms with van der Waals surface area (Å²) >= 11 is 0. The molecule has 12 heavy (non-hydrogen) atoms. The largest absolute Gasteiger partial charge is 0.469 e. The molecule has 1 aliphatic rings. The Labute approximate surface area is 70.5 Å². The summed E-state index contributed by atoms with van der Waals surface area (Å²) in [6.07, 6.45) is 1.07. The van der Waals surface area contributed by atoms with Crippen molar-refractivity contribution >= 4 is 11.8 Å². The Kier molecular flexibility index (Phi) is 2.81. The van der Waals surface area contributed by atoms with E-state index in [1.165, 1.54) is 7.11 Å². The van der Waals surface area contributed by atoms with Crippen LogP contribution in [-0.4, -0.2) is 30.6 Å². The Morgan fingerprint density at radius 3 is 2.42 bits per heavy atom. The summed E-state index contributed by atoms with van der Waals surface area (Å²) in [5.41, 5.74) is 0. The number of ether oxygens (including phenoxy) is 1. The third-order valence-corrected chi connectivity index (χ3v) is 2.28. The lowest BCUT2D eigenvalue weighted by Crippen LogP contribution is -2.37. The molecule has 4 heteroatoms. The van der Waals surface area contributed by atoms with E-state index in [1.54, 1.807) is 0 Å². The van der Waals surface area contributed by atoms with Gasteiger partial charge in [-0.25, -0.2) is 0 Å². The molecule has 0 bridgehead atoms. The molecule has 68 valence electrons. The zero-order valence-corrected chi connectivity index (χ0v) is 6.95. The fraction of sp³-hybridized carbons (Fsp3) is 0.750. The number of aliphatic hydroxyl groups excluding tert-OH is 1. The van der Waals surface area contributed by atoms with Crippen LogP contribution in [0, 0.1) is 11.8 Å². The number of hydrogen-bond donors (Lipinski definition) is 1. The van der Waals surface area contributed by atoms with Gasteiger partial charge in [-0.1, -0.05) is 0 Å². The first-order valence-corrected chi connectivity index (χ1v) is 3.90. The van der Waals surface area contributed by atoms with E-state index in [0.717, 1.165) is 0 Å². The molecular formula is C8H12O4.